The van der Waals surface area contributed by atoms with E-state index >= 15 is 0 Å². The molecule has 1 aromatic heterocycles. The Hall–Kier alpha value is -1.50. The summed E-state index contributed by atoms with van der Waals surface area (Å²) in [4.78, 5) is 18.2. The average molecular weight is 274 g/mol. The Morgan fingerprint density at radius 3 is 2.72 bits per heavy atom. The Bertz CT molecular complexity index is 609. The van der Waals surface area contributed by atoms with E-state index in [0.29, 0.717) is 10.9 Å². The van der Waals surface area contributed by atoms with Gasteiger partial charge in [0.05, 0.1) is 17.3 Å². The normalized spacial score (nSPS) is 11.9. The van der Waals surface area contributed by atoms with E-state index in [2.05, 4.69) is 9.97 Å². The van der Waals surface area contributed by atoms with E-state index in [1.807, 2.05) is 0 Å². The van der Waals surface area contributed by atoms with Gasteiger partial charge in [0.2, 0.25) is 0 Å². The fraction of sp³-hybridized carbons (Fsp3) is 0.273. The second-order valence-electron chi connectivity index (χ2n) is 3.60. The Morgan fingerprint density at radius 2 is 2.00 bits per heavy atom. The van der Waals surface area contributed by atoms with E-state index in [9.17, 15) is 18.0 Å². The lowest BCUT2D eigenvalue weighted by atomic mass is 10.2. The van der Waals surface area contributed by atoms with Crippen molar-refractivity contribution in [2.75, 3.05) is 5.75 Å². The molecule has 0 unspecified atom stereocenters. The van der Waals surface area contributed by atoms with Crippen LogP contribution in [0.25, 0.3) is 10.9 Å². The van der Waals surface area contributed by atoms with Crippen molar-refractivity contribution in [2.45, 2.75) is 17.8 Å². The second kappa shape index (κ2) is 5.01. The number of aromatic amines is 1. The summed E-state index contributed by atoms with van der Waals surface area (Å²) in [6.07, 6.45) is -5.10. The van der Waals surface area contributed by atoms with Gasteiger partial charge in [-0.1, -0.05) is 23.9 Å². The maximum absolute atomic E-state index is 12.0. The Labute approximate surface area is 104 Å². The second-order valence-corrected chi connectivity index (χ2v) is 4.69. The van der Waals surface area contributed by atoms with E-state index in [1.165, 1.54) is 0 Å². The first-order valence-electron chi connectivity index (χ1n) is 5.14. The van der Waals surface area contributed by atoms with Gasteiger partial charge in [-0.05, 0) is 12.1 Å². The first kappa shape index (κ1) is 12.9. The van der Waals surface area contributed by atoms with Crippen molar-refractivity contribution < 1.29 is 13.2 Å². The van der Waals surface area contributed by atoms with Crippen LogP contribution in [0.5, 0.6) is 0 Å². The average Bonchev–Trinajstić information content (AvgIpc) is 2.27. The molecule has 96 valence electrons. The third-order valence-corrected chi connectivity index (χ3v) is 3.09. The number of alkyl halides is 3. The predicted octanol–water partition coefficient (Wildman–Crippen LogP) is 2.97. The third kappa shape index (κ3) is 3.25. The summed E-state index contributed by atoms with van der Waals surface area (Å²) in [5.74, 6) is -0.162. The summed E-state index contributed by atoms with van der Waals surface area (Å²) >= 11 is 0.890. The van der Waals surface area contributed by atoms with E-state index in [0.717, 1.165) is 11.8 Å². The van der Waals surface area contributed by atoms with Crippen molar-refractivity contribution in [1.82, 2.24) is 9.97 Å². The molecule has 0 aliphatic heterocycles. The number of hydrogen-bond donors (Lipinski definition) is 1. The number of nitrogens with one attached hydrogen (secondary N) is 1. The minimum absolute atomic E-state index is 0.162. The molecule has 0 aliphatic carbocycles. The van der Waals surface area contributed by atoms with Crippen molar-refractivity contribution in [3.05, 3.63) is 34.6 Å². The number of para-hydroxylation sites is 1. The van der Waals surface area contributed by atoms with Gasteiger partial charge in [-0.25, -0.2) is 4.98 Å². The monoisotopic (exact) mass is 274 g/mol. The van der Waals surface area contributed by atoms with Crippen LogP contribution in [0.4, 0.5) is 13.2 Å². The summed E-state index contributed by atoms with van der Waals surface area (Å²) in [7, 11) is 0. The van der Waals surface area contributed by atoms with Gasteiger partial charge in [0.1, 0.15) is 0 Å². The Morgan fingerprint density at radius 1 is 1.28 bits per heavy atom. The zero-order valence-electron chi connectivity index (χ0n) is 9.12. The highest BCUT2D eigenvalue weighted by atomic mass is 32.2. The molecule has 2 rings (SSSR count). The smallest absolute Gasteiger partial charge is 0.301 e. The molecule has 2 aromatic rings. The molecule has 3 nitrogen and oxygen atoms in total. The highest BCUT2D eigenvalue weighted by Crippen LogP contribution is 2.24. The zero-order chi connectivity index (χ0) is 13.2. The van der Waals surface area contributed by atoms with Crippen LogP contribution >= 0.6 is 11.8 Å². The number of nitrogens with zero attached hydrogens (tertiary/aromatic N) is 1. The van der Waals surface area contributed by atoms with E-state index < -0.39 is 12.6 Å². The molecule has 1 aromatic carbocycles. The van der Waals surface area contributed by atoms with Gasteiger partial charge in [0.15, 0.2) is 5.16 Å². The van der Waals surface area contributed by atoms with Gasteiger partial charge < -0.3 is 4.98 Å². The number of aromatic nitrogens is 2. The van der Waals surface area contributed by atoms with Crippen molar-refractivity contribution in [3.8, 4) is 0 Å². The van der Waals surface area contributed by atoms with Crippen LogP contribution in [0, 0.1) is 0 Å². The van der Waals surface area contributed by atoms with E-state index in [4.69, 9.17) is 0 Å². The number of rotatable bonds is 3. The maximum atomic E-state index is 12.0. The van der Waals surface area contributed by atoms with Gasteiger partial charge in [0.25, 0.3) is 5.56 Å². The highest BCUT2D eigenvalue weighted by molar-refractivity contribution is 7.99. The molecular formula is C11H9F3N2OS. The molecule has 1 N–H and O–H groups in total. The van der Waals surface area contributed by atoms with Crippen LogP contribution in [-0.4, -0.2) is 21.9 Å². The summed E-state index contributed by atoms with van der Waals surface area (Å²) in [6.45, 7) is 0. The largest absolute Gasteiger partial charge is 0.389 e. The molecule has 0 radical (unpaired) electrons. The number of fused-ring (bicyclic) bond motifs is 1. The first-order chi connectivity index (χ1) is 8.46. The predicted molar refractivity (Wildman–Crippen MR) is 63.8 cm³/mol. The molecular weight excluding hydrogens is 265 g/mol. The quantitative estimate of drug-likeness (QED) is 0.691. The van der Waals surface area contributed by atoms with Gasteiger partial charge in [-0.2, -0.15) is 13.2 Å². The molecule has 0 amide bonds. The van der Waals surface area contributed by atoms with Crippen LogP contribution < -0.4 is 5.56 Å². The van der Waals surface area contributed by atoms with Gasteiger partial charge in [-0.15, -0.1) is 0 Å². The van der Waals surface area contributed by atoms with Crippen LogP contribution in [0.3, 0.4) is 0 Å². The minimum Gasteiger partial charge on any atom is -0.301 e. The number of H-pyrrole nitrogens is 1. The molecule has 0 spiro atoms. The summed E-state index contributed by atoms with van der Waals surface area (Å²) in [5.41, 5.74) is 0.144. The summed E-state index contributed by atoms with van der Waals surface area (Å²) in [5, 5.41) is 0.639. The lowest BCUT2D eigenvalue weighted by molar-refractivity contribution is -0.129. The van der Waals surface area contributed by atoms with E-state index in [-0.39, 0.29) is 16.5 Å². The Balaban J connectivity index is 2.17. The molecule has 0 fully saturated rings. The molecule has 18 heavy (non-hydrogen) atoms. The molecule has 0 atom stereocenters. The van der Waals surface area contributed by atoms with Crippen molar-refractivity contribution in [3.63, 3.8) is 0 Å². The lowest BCUT2D eigenvalue weighted by Crippen LogP contribution is -2.11. The maximum Gasteiger partial charge on any atom is 0.389 e. The van der Waals surface area contributed by atoms with Crippen LogP contribution in [0.1, 0.15) is 6.42 Å². The summed E-state index contributed by atoms with van der Waals surface area (Å²) in [6, 6.07) is 6.69. The lowest BCUT2D eigenvalue weighted by Gasteiger charge is -2.05. The van der Waals surface area contributed by atoms with Crippen molar-refractivity contribution in [2.24, 2.45) is 0 Å². The molecule has 0 aliphatic rings. The van der Waals surface area contributed by atoms with Gasteiger partial charge >= 0.3 is 6.18 Å². The van der Waals surface area contributed by atoms with Crippen molar-refractivity contribution >= 4 is 22.7 Å². The number of benzene rings is 1. The van der Waals surface area contributed by atoms with Crippen LogP contribution in [0.15, 0.2) is 34.2 Å². The highest BCUT2D eigenvalue weighted by Gasteiger charge is 2.26. The third-order valence-electron chi connectivity index (χ3n) is 2.22. The fourth-order valence-corrected chi connectivity index (χ4v) is 2.25. The first-order valence-corrected chi connectivity index (χ1v) is 6.13. The van der Waals surface area contributed by atoms with Crippen molar-refractivity contribution in [1.29, 1.82) is 0 Å². The van der Waals surface area contributed by atoms with Gasteiger partial charge in [-0.3, -0.25) is 4.79 Å². The fourth-order valence-electron chi connectivity index (χ4n) is 1.40. The topological polar surface area (TPSA) is 45.8 Å². The number of hydrogen-bond acceptors (Lipinski definition) is 3. The SMILES string of the molecule is O=c1[nH]c(SCCC(F)(F)F)nc2ccccc12. The molecule has 1 heterocycles. The minimum atomic E-state index is -4.19. The van der Waals surface area contributed by atoms with Crippen LogP contribution in [-0.2, 0) is 0 Å². The molecule has 0 saturated heterocycles. The van der Waals surface area contributed by atoms with Gasteiger partial charge in [0, 0.05) is 5.75 Å². The zero-order valence-corrected chi connectivity index (χ0v) is 9.94. The summed E-state index contributed by atoms with van der Waals surface area (Å²) < 4.78 is 36.0. The molecule has 7 heteroatoms. The Kier molecular flexibility index (Phi) is 3.60. The standard InChI is InChI=1S/C11H9F3N2OS/c12-11(13,14)5-6-18-10-15-8-4-2-1-3-7(8)9(17)16-10/h1-4H,5-6H2,(H,15,16,17). The molecule has 0 bridgehead atoms. The van der Waals surface area contributed by atoms with E-state index in [1.54, 1.807) is 24.3 Å². The molecule has 0 saturated carbocycles. The van der Waals surface area contributed by atoms with Crippen LogP contribution in [0.2, 0.25) is 0 Å². The number of thioether (sulfide) groups is 1. The number of halogens is 3.